The Morgan fingerprint density at radius 2 is 1.85 bits per heavy atom. The van der Waals surface area contributed by atoms with Crippen LogP contribution in [0, 0.1) is 6.92 Å². The van der Waals surface area contributed by atoms with Crippen molar-refractivity contribution in [1.82, 2.24) is 8.75 Å². The van der Waals surface area contributed by atoms with Gasteiger partial charge in [0.1, 0.15) is 11.0 Å². The molecule has 2 aromatic rings. The van der Waals surface area contributed by atoms with Gasteiger partial charge in [-0.2, -0.15) is 8.75 Å². The highest BCUT2D eigenvalue weighted by Gasteiger charge is 1.95. The largest absolute Gasteiger partial charge is 0.284 e. The Balaban J connectivity index is 0.000000330. The average Bonchev–Trinajstić information content (AvgIpc) is 2.89. The van der Waals surface area contributed by atoms with E-state index in [1.165, 1.54) is 22.3 Å². The third-order valence-corrected chi connectivity index (χ3v) is 3.54. The summed E-state index contributed by atoms with van der Waals surface area (Å²) >= 11 is 3.07. The van der Waals surface area contributed by atoms with Crippen LogP contribution in [0.15, 0.2) is 23.2 Å². The summed E-state index contributed by atoms with van der Waals surface area (Å²) in [6.45, 7) is 13.2. The van der Waals surface area contributed by atoms with Crippen LogP contribution >= 0.6 is 23.5 Å². The molecule has 1 heterocycles. The first-order valence-electron chi connectivity index (χ1n) is 7.00. The summed E-state index contributed by atoms with van der Waals surface area (Å²) in [4.78, 5) is 4.19. The predicted octanol–water partition coefficient (Wildman–Crippen LogP) is 5.20. The van der Waals surface area contributed by atoms with Gasteiger partial charge in [-0.05, 0) is 44.2 Å². The van der Waals surface area contributed by atoms with Gasteiger partial charge in [0.15, 0.2) is 0 Å². The molecule has 0 aliphatic heterocycles. The summed E-state index contributed by atoms with van der Waals surface area (Å²) in [6.07, 6.45) is 0. The topological polar surface area (TPSA) is 38.1 Å². The number of aliphatic imine (C=N–C) groups is 1. The lowest BCUT2D eigenvalue weighted by atomic mass is 10.2. The van der Waals surface area contributed by atoms with Crippen LogP contribution in [0.2, 0.25) is 0 Å². The van der Waals surface area contributed by atoms with E-state index in [4.69, 9.17) is 0 Å². The van der Waals surface area contributed by atoms with Gasteiger partial charge in [0, 0.05) is 6.54 Å². The van der Waals surface area contributed by atoms with Gasteiger partial charge >= 0.3 is 0 Å². The van der Waals surface area contributed by atoms with Crippen molar-refractivity contribution in [2.45, 2.75) is 41.5 Å². The van der Waals surface area contributed by atoms with Crippen LogP contribution in [0.5, 0.6) is 0 Å². The molecule has 2 rings (SSSR count). The van der Waals surface area contributed by atoms with E-state index in [1.54, 1.807) is 11.8 Å². The van der Waals surface area contributed by atoms with Gasteiger partial charge in [-0.15, -0.1) is 11.8 Å². The molecule has 20 heavy (non-hydrogen) atoms. The molecule has 0 N–H and O–H groups in total. The lowest BCUT2D eigenvalue weighted by molar-refractivity contribution is 1.13. The monoisotopic (exact) mass is 311 g/mol. The summed E-state index contributed by atoms with van der Waals surface area (Å²) in [7, 11) is 0. The lowest BCUT2D eigenvalue weighted by Crippen LogP contribution is -1.84. The Morgan fingerprint density at radius 3 is 2.45 bits per heavy atom. The lowest BCUT2D eigenvalue weighted by Gasteiger charge is -1.92. The standard InChI is InChI=1S/C7H6N2S.C6H13NS.C2H6/c1-5-2-3-6-7(4-5)9-10-8-6;1-4-7-6(3)8-5-2;1-2/h2-4H,1H3;4-5H2,1-3H3;1-2H3. The fraction of sp³-hybridized carbons (Fsp3) is 0.533. The van der Waals surface area contributed by atoms with Crippen LogP contribution < -0.4 is 0 Å². The van der Waals surface area contributed by atoms with Crippen molar-refractivity contribution in [2.75, 3.05) is 12.3 Å². The van der Waals surface area contributed by atoms with Crippen molar-refractivity contribution >= 4 is 39.6 Å². The molecule has 5 heteroatoms. The van der Waals surface area contributed by atoms with Crippen molar-refractivity contribution in [1.29, 1.82) is 0 Å². The predicted molar refractivity (Wildman–Crippen MR) is 95.3 cm³/mol. The summed E-state index contributed by atoms with van der Waals surface area (Å²) in [5.74, 6) is 1.13. The second-order valence-corrected chi connectivity index (χ2v) is 5.67. The first kappa shape index (κ1) is 19.1. The molecule has 0 unspecified atom stereocenters. The zero-order valence-corrected chi connectivity index (χ0v) is 14.9. The molecule has 0 atom stereocenters. The Hall–Kier alpha value is -0.940. The minimum atomic E-state index is 0.916. The van der Waals surface area contributed by atoms with E-state index in [0.717, 1.165) is 23.3 Å². The number of hydrogen-bond donors (Lipinski definition) is 0. The summed E-state index contributed by atoms with van der Waals surface area (Å²) in [5.41, 5.74) is 3.24. The quantitative estimate of drug-likeness (QED) is 0.565. The first-order chi connectivity index (χ1) is 9.67. The molecule has 1 aromatic carbocycles. The normalized spacial score (nSPS) is 10.4. The van der Waals surface area contributed by atoms with Crippen molar-refractivity contribution in [3.8, 4) is 0 Å². The molecule has 0 fully saturated rings. The van der Waals surface area contributed by atoms with Crippen LogP contribution in [-0.2, 0) is 0 Å². The van der Waals surface area contributed by atoms with Crippen molar-refractivity contribution in [3.63, 3.8) is 0 Å². The minimum Gasteiger partial charge on any atom is -0.284 e. The third-order valence-electron chi connectivity index (χ3n) is 2.14. The second kappa shape index (κ2) is 11.9. The van der Waals surface area contributed by atoms with Crippen LogP contribution in [0.1, 0.15) is 40.2 Å². The van der Waals surface area contributed by atoms with Crippen molar-refractivity contribution in [2.24, 2.45) is 4.99 Å². The summed E-state index contributed by atoms with van der Waals surface area (Å²) in [5, 5.41) is 1.20. The van der Waals surface area contributed by atoms with E-state index < -0.39 is 0 Å². The van der Waals surface area contributed by atoms with E-state index in [9.17, 15) is 0 Å². The SMILES string of the molecule is CC.CCN=C(C)SCC.Cc1ccc2nsnc2c1. The Morgan fingerprint density at radius 1 is 1.20 bits per heavy atom. The van der Waals surface area contributed by atoms with E-state index in [-0.39, 0.29) is 0 Å². The minimum absolute atomic E-state index is 0.916. The number of hydrogen-bond acceptors (Lipinski definition) is 5. The molecule has 0 spiro atoms. The van der Waals surface area contributed by atoms with Gasteiger partial charge in [-0.1, -0.05) is 26.8 Å². The smallest absolute Gasteiger partial charge is 0.105 e. The number of fused-ring (bicyclic) bond motifs is 1. The molecule has 3 nitrogen and oxygen atoms in total. The highest BCUT2D eigenvalue weighted by Crippen LogP contribution is 2.12. The maximum absolute atomic E-state index is 4.19. The number of aromatic nitrogens is 2. The van der Waals surface area contributed by atoms with Gasteiger partial charge in [0.25, 0.3) is 0 Å². The third kappa shape index (κ3) is 7.60. The van der Waals surface area contributed by atoms with Crippen LogP contribution in [0.4, 0.5) is 0 Å². The van der Waals surface area contributed by atoms with Crippen LogP contribution in [0.3, 0.4) is 0 Å². The van der Waals surface area contributed by atoms with Crippen molar-refractivity contribution < 1.29 is 0 Å². The summed E-state index contributed by atoms with van der Waals surface area (Å²) < 4.78 is 8.20. The van der Waals surface area contributed by atoms with Crippen molar-refractivity contribution in [3.05, 3.63) is 23.8 Å². The zero-order valence-electron chi connectivity index (χ0n) is 13.3. The molecule has 0 amide bonds. The molecule has 0 aliphatic carbocycles. The first-order valence-corrected chi connectivity index (χ1v) is 8.71. The van der Waals surface area contributed by atoms with Crippen LogP contribution in [0.25, 0.3) is 11.0 Å². The highest BCUT2D eigenvalue weighted by molar-refractivity contribution is 8.13. The molecule has 0 bridgehead atoms. The maximum atomic E-state index is 4.19. The fourth-order valence-corrected chi connectivity index (χ4v) is 2.52. The van der Waals surface area contributed by atoms with E-state index in [0.29, 0.717) is 0 Å². The van der Waals surface area contributed by atoms with E-state index >= 15 is 0 Å². The Kier molecular flexibility index (Phi) is 11.3. The number of benzene rings is 1. The number of thioether (sulfide) groups is 1. The fourth-order valence-electron chi connectivity index (χ4n) is 1.37. The number of aryl methyl sites for hydroxylation is 1. The summed E-state index contributed by atoms with van der Waals surface area (Å²) in [6, 6.07) is 6.08. The second-order valence-electron chi connectivity index (χ2n) is 3.68. The average molecular weight is 312 g/mol. The van der Waals surface area contributed by atoms with Gasteiger partial charge in [-0.3, -0.25) is 4.99 Å². The van der Waals surface area contributed by atoms with E-state index in [2.05, 4.69) is 41.4 Å². The molecule has 112 valence electrons. The number of nitrogens with zero attached hydrogens (tertiary/aromatic N) is 3. The van der Waals surface area contributed by atoms with Gasteiger partial charge in [0.05, 0.1) is 16.8 Å². The van der Waals surface area contributed by atoms with Gasteiger partial charge in [0.2, 0.25) is 0 Å². The zero-order chi connectivity index (χ0) is 15.4. The Bertz CT molecular complexity index is 507. The molecular formula is C15H25N3S2. The maximum Gasteiger partial charge on any atom is 0.105 e. The molecule has 0 radical (unpaired) electrons. The van der Waals surface area contributed by atoms with Gasteiger partial charge < -0.3 is 0 Å². The molecule has 0 saturated carbocycles. The van der Waals surface area contributed by atoms with Crippen LogP contribution in [-0.4, -0.2) is 26.1 Å². The molecular weight excluding hydrogens is 286 g/mol. The van der Waals surface area contributed by atoms with Gasteiger partial charge in [-0.25, -0.2) is 0 Å². The van der Waals surface area contributed by atoms with E-state index in [1.807, 2.05) is 32.0 Å². The molecule has 1 aromatic heterocycles. The number of rotatable bonds is 2. The molecule has 0 aliphatic rings. The Labute approximate surface area is 131 Å². The molecule has 0 saturated heterocycles. The highest BCUT2D eigenvalue weighted by atomic mass is 32.2.